The van der Waals surface area contributed by atoms with Gasteiger partial charge in [0.15, 0.2) is 0 Å². The second kappa shape index (κ2) is 3.99. The number of benzene rings is 1. The zero-order valence-corrected chi connectivity index (χ0v) is 10.7. The third-order valence-electron chi connectivity index (χ3n) is 3.90. The van der Waals surface area contributed by atoms with Gasteiger partial charge in [-0.25, -0.2) is 0 Å². The van der Waals surface area contributed by atoms with E-state index in [-0.39, 0.29) is 0 Å². The molecule has 1 fully saturated rings. The van der Waals surface area contributed by atoms with E-state index in [1.165, 1.54) is 48.3 Å². The van der Waals surface area contributed by atoms with E-state index in [1.807, 2.05) is 0 Å². The van der Waals surface area contributed by atoms with E-state index in [1.54, 1.807) is 0 Å². The standard InChI is InChI=1S/C14H19NS/c1-11-6-5-7-12-13(11)16-14(10-15-12)8-3-2-4-9-14/h5-7,15H,2-4,8-10H2,1H3. The summed E-state index contributed by atoms with van der Waals surface area (Å²) in [6, 6.07) is 6.60. The van der Waals surface area contributed by atoms with E-state index in [9.17, 15) is 0 Å². The first-order valence-electron chi connectivity index (χ1n) is 6.32. The van der Waals surface area contributed by atoms with Crippen molar-refractivity contribution >= 4 is 17.4 Å². The molecule has 1 saturated carbocycles. The molecule has 1 N–H and O–H groups in total. The largest absolute Gasteiger partial charge is 0.383 e. The number of hydrogen-bond acceptors (Lipinski definition) is 2. The third-order valence-corrected chi connectivity index (χ3v) is 5.63. The molecule has 1 aliphatic heterocycles. The molecule has 1 aromatic carbocycles. The highest BCUT2D eigenvalue weighted by molar-refractivity contribution is 8.01. The first-order chi connectivity index (χ1) is 7.79. The first-order valence-corrected chi connectivity index (χ1v) is 7.13. The van der Waals surface area contributed by atoms with Crippen LogP contribution in [-0.4, -0.2) is 11.3 Å². The van der Waals surface area contributed by atoms with Crippen molar-refractivity contribution < 1.29 is 0 Å². The van der Waals surface area contributed by atoms with Crippen LogP contribution in [0.25, 0.3) is 0 Å². The van der Waals surface area contributed by atoms with Crippen LogP contribution in [0.5, 0.6) is 0 Å². The van der Waals surface area contributed by atoms with Crippen molar-refractivity contribution in [2.75, 3.05) is 11.9 Å². The lowest BCUT2D eigenvalue weighted by molar-refractivity contribution is 0.408. The number of rotatable bonds is 0. The second-order valence-electron chi connectivity index (χ2n) is 5.15. The Hall–Kier alpha value is -0.630. The highest BCUT2D eigenvalue weighted by atomic mass is 32.2. The third kappa shape index (κ3) is 1.73. The van der Waals surface area contributed by atoms with Crippen molar-refractivity contribution in [1.82, 2.24) is 0 Å². The predicted molar refractivity (Wildman–Crippen MR) is 71.3 cm³/mol. The molecule has 0 saturated heterocycles. The topological polar surface area (TPSA) is 12.0 Å². The van der Waals surface area contributed by atoms with E-state index >= 15 is 0 Å². The van der Waals surface area contributed by atoms with Gasteiger partial charge in [0, 0.05) is 21.9 Å². The Morgan fingerprint density at radius 1 is 1.19 bits per heavy atom. The molecule has 1 aliphatic carbocycles. The summed E-state index contributed by atoms with van der Waals surface area (Å²) >= 11 is 2.14. The maximum absolute atomic E-state index is 3.64. The van der Waals surface area contributed by atoms with Crippen LogP contribution in [0.1, 0.15) is 37.7 Å². The van der Waals surface area contributed by atoms with Gasteiger partial charge in [-0.3, -0.25) is 0 Å². The molecule has 2 aliphatic rings. The molecule has 16 heavy (non-hydrogen) atoms. The Labute approximate surface area is 102 Å². The number of hydrogen-bond donors (Lipinski definition) is 1. The van der Waals surface area contributed by atoms with Gasteiger partial charge in [0.2, 0.25) is 0 Å². The molecule has 0 atom stereocenters. The van der Waals surface area contributed by atoms with Gasteiger partial charge in [0.1, 0.15) is 0 Å². The number of nitrogens with one attached hydrogen (secondary N) is 1. The first kappa shape index (κ1) is 10.5. The SMILES string of the molecule is Cc1cccc2c1SC1(CCCCC1)CN2. The van der Waals surface area contributed by atoms with Gasteiger partial charge in [-0.05, 0) is 31.4 Å². The fourth-order valence-electron chi connectivity index (χ4n) is 2.91. The molecule has 3 rings (SSSR count). The lowest BCUT2D eigenvalue weighted by Gasteiger charge is -2.41. The van der Waals surface area contributed by atoms with E-state index in [2.05, 4.69) is 42.2 Å². The summed E-state index contributed by atoms with van der Waals surface area (Å²) < 4.78 is 0.497. The Balaban J connectivity index is 1.92. The minimum atomic E-state index is 0.497. The molecule has 0 radical (unpaired) electrons. The van der Waals surface area contributed by atoms with Crippen molar-refractivity contribution in [3.63, 3.8) is 0 Å². The van der Waals surface area contributed by atoms with Crippen molar-refractivity contribution in [3.8, 4) is 0 Å². The van der Waals surface area contributed by atoms with E-state index < -0.39 is 0 Å². The molecule has 1 aromatic rings. The minimum absolute atomic E-state index is 0.497. The quantitative estimate of drug-likeness (QED) is 0.720. The second-order valence-corrected chi connectivity index (χ2v) is 6.63. The van der Waals surface area contributed by atoms with Crippen LogP contribution in [0, 0.1) is 6.92 Å². The Morgan fingerprint density at radius 3 is 2.81 bits per heavy atom. The van der Waals surface area contributed by atoms with Crippen molar-refractivity contribution in [2.45, 2.75) is 48.7 Å². The monoisotopic (exact) mass is 233 g/mol. The van der Waals surface area contributed by atoms with Crippen LogP contribution < -0.4 is 5.32 Å². The van der Waals surface area contributed by atoms with Crippen molar-refractivity contribution in [1.29, 1.82) is 0 Å². The smallest absolute Gasteiger partial charge is 0.0481 e. The van der Waals surface area contributed by atoms with Crippen LogP contribution in [0.2, 0.25) is 0 Å². The fraction of sp³-hybridized carbons (Fsp3) is 0.571. The molecule has 0 aromatic heterocycles. The van der Waals surface area contributed by atoms with E-state index in [0.717, 1.165) is 6.54 Å². The van der Waals surface area contributed by atoms with Gasteiger partial charge in [0.05, 0.1) is 0 Å². The molecule has 1 heterocycles. The van der Waals surface area contributed by atoms with Crippen molar-refractivity contribution in [3.05, 3.63) is 23.8 Å². The molecule has 86 valence electrons. The molecular weight excluding hydrogens is 214 g/mol. The fourth-order valence-corrected chi connectivity index (χ4v) is 4.46. The maximum atomic E-state index is 3.64. The van der Waals surface area contributed by atoms with Crippen LogP contribution in [-0.2, 0) is 0 Å². The number of anilines is 1. The number of thioether (sulfide) groups is 1. The molecule has 0 amide bonds. The summed E-state index contributed by atoms with van der Waals surface area (Å²) in [7, 11) is 0. The summed E-state index contributed by atoms with van der Waals surface area (Å²) in [5.41, 5.74) is 2.78. The molecule has 2 heteroatoms. The Morgan fingerprint density at radius 2 is 2.00 bits per heavy atom. The van der Waals surface area contributed by atoms with Gasteiger partial charge in [-0.15, -0.1) is 11.8 Å². The average molecular weight is 233 g/mol. The molecular formula is C14H19NS. The van der Waals surface area contributed by atoms with E-state index in [4.69, 9.17) is 0 Å². The van der Waals surface area contributed by atoms with Crippen molar-refractivity contribution in [2.24, 2.45) is 0 Å². The lowest BCUT2D eigenvalue weighted by Crippen LogP contribution is -2.38. The highest BCUT2D eigenvalue weighted by Crippen LogP contribution is 2.49. The van der Waals surface area contributed by atoms with Crippen LogP contribution >= 0.6 is 11.8 Å². The average Bonchev–Trinajstić information content (AvgIpc) is 2.32. The van der Waals surface area contributed by atoms with Crippen LogP contribution in [0.4, 0.5) is 5.69 Å². The summed E-state index contributed by atoms with van der Waals surface area (Å²) in [5.74, 6) is 0. The van der Waals surface area contributed by atoms with Gasteiger partial charge >= 0.3 is 0 Å². The highest BCUT2D eigenvalue weighted by Gasteiger charge is 2.36. The zero-order chi connectivity index (χ0) is 11.0. The maximum Gasteiger partial charge on any atom is 0.0481 e. The van der Waals surface area contributed by atoms with Crippen LogP contribution in [0.15, 0.2) is 23.1 Å². The van der Waals surface area contributed by atoms with E-state index in [0.29, 0.717) is 4.75 Å². The molecule has 0 bridgehead atoms. The minimum Gasteiger partial charge on any atom is -0.383 e. The normalized spacial score (nSPS) is 22.6. The summed E-state index contributed by atoms with van der Waals surface area (Å²) in [6.07, 6.45) is 7.03. The van der Waals surface area contributed by atoms with Crippen LogP contribution in [0.3, 0.4) is 0 Å². The van der Waals surface area contributed by atoms with Gasteiger partial charge < -0.3 is 5.32 Å². The number of aryl methyl sites for hydroxylation is 1. The van der Waals surface area contributed by atoms with Gasteiger partial charge in [0.25, 0.3) is 0 Å². The molecule has 1 spiro atoms. The number of fused-ring (bicyclic) bond motifs is 1. The molecule has 0 unspecified atom stereocenters. The summed E-state index contributed by atoms with van der Waals surface area (Å²) in [5, 5.41) is 3.64. The predicted octanol–water partition coefficient (Wildman–Crippen LogP) is 4.22. The zero-order valence-electron chi connectivity index (χ0n) is 9.88. The Kier molecular flexibility index (Phi) is 2.62. The summed E-state index contributed by atoms with van der Waals surface area (Å²) in [4.78, 5) is 1.50. The molecule has 1 nitrogen and oxygen atoms in total. The summed E-state index contributed by atoms with van der Waals surface area (Å²) in [6.45, 7) is 3.39. The van der Waals surface area contributed by atoms with Gasteiger partial charge in [-0.1, -0.05) is 31.4 Å². The Bertz CT molecular complexity index is 394. The van der Waals surface area contributed by atoms with Gasteiger partial charge in [-0.2, -0.15) is 0 Å². The lowest BCUT2D eigenvalue weighted by atomic mass is 9.88.